The van der Waals surface area contributed by atoms with Crippen LogP contribution < -0.4 is 0 Å². The first-order valence-corrected chi connectivity index (χ1v) is 9.50. The van der Waals surface area contributed by atoms with Crippen molar-refractivity contribution >= 4 is 12.2 Å². The van der Waals surface area contributed by atoms with Crippen molar-refractivity contribution in [3.63, 3.8) is 0 Å². The van der Waals surface area contributed by atoms with E-state index in [-0.39, 0.29) is 0 Å². The fraction of sp³-hybridized carbons (Fsp3) is 0.360. The third-order valence-corrected chi connectivity index (χ3v) is 5.84. The molecule has 1 atom stereocenters. The Morgan fingerprint density at radius 2 is 1.92 bits per heavy atom. The molecule has 0 radical (unpaired) electrons. The van der Waals surface area contributed by atoms with E-state index in [1.807, 2.05) is 18.2 Å². The molecule has 0 saturated heterocycles. The molecular formula is C25H30. The molecule has 1 aromatic carbocycles. The molecule has 0 heteroatoms. The lowest BCUT2D eigenvalue weighted by atomic mass is 9.91. The van der Waals surface area contributed by atoms with Crippen LogP contribution in [0.4, 0.5) is 0 Å². The highest BCUT2D eigenvalue weighted by atomic mass is 14.3. The summed E-state index contributed by atoms with van der Waals surface area (Å²) in [5.41, 5.74) is 10.1. The average molecular weight is 331 g/mol. The molecule has 0 nitrogen and oxygen atoms in total. The van der Waals surface area contributed by atoms with E-state index in [9.17, 15) is 0 Å². The molecule has 1 saturated carbocycles. The number of hydrogen-bond donors (Lipinski definition) is 0. The van der Waals surface area contributed by atoms with Crippen molar-refractivity contribution in [2.24, 2.45) is 11.8 Å². The van der Waals surface area contributed by atoms with Gasteiger partial charge in [0.2, 0.25) is 0 Å². The van der Waals surface area contributed by atoms with Crippen molar-refractivity contribution in [3.8, 4) is 0 Å². The Kier molecular flexibility index (Phi) is 5.27. The number of allylic oxidation sites excluding steroid dienone is 6. The van der Waals surface area contributed by atoms with E-state index < -0.39 is 0 Å². The Morgan fingerprint density at radius 1 is 1.16 bits per heavy atom. The van der Waals surface area contributed by atoms with Gasteiger partial charge in [0.1, 0.15) is 0 Å². The van der Waals surface area contributed by atoms with Crippen molar-refractivity contribution in [2.75, 3.05) is 0 Å². The van der Waals surface area contributed by atoms with Gasteiger partial charge in [0.05, 0.1) is 0 Å². The molecule has 0 spiro atoms. The zero-order valence-corrected chi connectivity index (χ0v) is 15.9. The third kappa shape index (κ3) is 3.63. The van der Waals surface area contributed by atoms with Gasteiger partial charge in [-0.1, -0.05) is 61.3 Å². The summed E-state index contributed by atoms with van der Waals surface area (Å²) in [7, 11) is 0. The Balaban J connectivity index is 1.97. The van der Waals surface area contributed by atoms with Gasteiger partial charge in [-0.15, -0.1) is 0 Å². The molecule has 1 aromatic rings. The zero-order valence-electron chi connectivity index (χ0n) is 15.9. The molecule has 0 N–H and O–H groups in total. The highest BCUT2D eigenvalue weighted by molar-refractivity contribution is 5.72. The van der Waals surface area contributed by atoms with Gasteiger partial charge in [-0.3, -0.25) is 0 Å². The summed E-state index contributed by atoms with van der Waals surface area (Å²) in [5.74, 6) is 1.40. The average Bonchev–Trinajstić information content (AvgIpc) is 3.38. The number of benzene rings is 1. The third-order valence-electron chi connectivity index (χ3n) is 5.84. The molecular weight excluding hydrogens is 300 g/mol. The summed E-state index contributed by atoms with van der Waals surface area (Å²) in [5, 5.41) is 0. The molecule has 2 aliphatic carbocycles. The van der Waals surface area contributed by atoms with Gasteiger partial charge < -0.3 is 0 Å². The molecule has 0 aliphatic heterocycles. The Bertz CT molecular complexity index is 779. The van der Waals surface area contributed by atoms with Crippen LogP contribution >= 0.6 is 0 Å². The van der Waals surface area contributed by atoms with Crippen molar-refractivity contribution in [1.29, 1.82) is 0 Å². The molecule has 25 heavy (non-hydrogen) atoms. The van der Waals surface area contributed by atoms with Crippen LogP contribution in [0.3, 0.4) is 0 Å². The molecule has 3 rings (SSSR count). The molecule has 0 aromatic heterocycles. The summed E-state index contributed by atoms with van der Waals surface area (Å²) < 4.78 is 0. The van der Waals surface area contributed by atoms with Crippen LogP contribution in [0.2, 0.25) is 0 Å². The first kappa shape index (κ1) is 17.7. The lowest BCUT2D eigenvalue weighted by Gasteiger charge is -2.13. The van der Waals surface area contributed by atoms with Gasteiger partial charge in [-0.25, -0.2) is 0 Å². The van der Waals surface area contributed by atoms with Crippen molar-refractivity contribution in [1.82, 2.24) is 0 Å². The van der Waals surface area contributed by atoms with Crippen LogP contribution in [0.15, 0.2) is 54.7 Å². The molecule has 1 fully saturated rings. The SMILES string of the molecule is C=C/C=C\C(=C/C)C1Cc2cc(C=C)c(/C=C(\C)C3CC3)c(C)c2C1. The van der Waals surface area contributed by atoms with Crippen LogP contribution in [-0.2, 0) is 12.8 Å². The second-order valence-corrected chi connectivity index (χ2v) is 7.50. The van der Waals surface area contributed by atoms with Gasteiger partial charge in [0.25, 0.3) is 0 Å². The molecule has 0 bridgehead atoms. The predicted octanol–water partition coefficient (Wildman–Crippen LogP) is 6.85. The minimum atomic E-state index is 0.580. The maximum Gasteiger partial charge on any atom is -0.00840 e. The van der Waals surface area contributed by atoms with Gasteiger partial charge in [0.15, 0.2) is 0 Å². The van der Waals surface area contributed by atoms with Crippen LogP contribution in [-0.4, -0.2) is 0 Å². The molecule has 0 amide bonds. The quantitative estimate of drug-likeness (QED) is 0.500. The summed E-state index contributed by atoms with van der Waals surface area (Å²) in [6, 6.07) is 2.38. The van der Waals surface area contributed by atoms with E-state index in [0.29, 0.717) is 5.92 Å². The maximum atomic E-state index is 4.07. The minimum Gasteiger partial charge on any atom is -0.0991 e. The fourth-order valence-corrected chi connectivity index (χ4v) is 4.15. The van der Waals surface area contributed by atoms with Gasteiger partial charge in [0, 0.05) is 0 Å². The van der Waals surface area contributed by atoms with E-state index in [1.54, 1.807) is 5.56 Å². The van der Waals surface area contributed by atoms with Gasteiger partial charge >= 0.3 is 0 Å². The van der Waals surface area contributed by atoms with Gasteiger partial charge in [-0.05, 0) is 91.7 Å². The Labute approximate surface area is 153 Å². The highest BCUT2D eigenvalue weighted by Crippen LogP contribution is 2.40. The second-order valence-electron chi connectivity index (χ2n) is 7.50. The lowest BCUT2D eigenvalue weighted by molar-refractivity contribution is 0.672. The van der Waals surface area contributed by atoms with Crippen LogP contribution in [0.25, 0.3) is 12.2 Å². The lowest BCUT2D eigenvalue weighted by Crippen LogP contribution is -2.02. The predicted molar refractivity (Wildman–Crippen MR) is 112 cm³/mol. The maximum absolute atomic E-state index is 4.07. The summed E-state index contributed by atoms with van der Waals surface area (Å²) in [4.78, 5) is 0. The smallest absolute Gasteiger partial charge is 0.00840 e. The van der Waals surface area contributed by atoms with Crippen molar-refractivity contribution in [2.45, 2.75) is 46.5 Å². The van der Waals surface area contributed by atoms with E-state index in [0.717, 1.165) is 18.8 Å². The summed E-state index contributed by atoms with van der Waals surface area (Å²) in [6.45, 7) is 14.6. The van der Waals surface area contributed by atoms with Crippen LogP contribution in [0.1, 0.15) is 54.5 Å². The van der Waals surface area contributed by atoms with Crippen LogP contribution in [0, 0.1) is 18.8 Å². The summed E-state index contributed by atoms with van der Waals surface area (Å²) in [6.07, 6.45) is 17.8. The highest BCUT2D eigenvalue weighted by Gasteiger charge is 2.27. The number of fused-ring (bicyclic) bond motifs is 1. The summed E-state index contributed by atoms with van der Waals surface area (Å²) >= 11 is 0. The van der Waals surface area contributed by atoms with Crippen molar-refractivity contribution < 1.29 is 0 Å². The normalized spacial score (nSPS) is 20.8. The molecule has 1 unspecified atom stereocenters. The molecule has 130 valence electrons. The van der Waals surface area contributed by atoms with Crippen LogP contribution in [0.5, 0.6) is 0 Å². The van der Waals surface area contributed by atoms with Gasteiger partial charge in [-0.2, -0.15) is 0 Å². The van der Waals surface area contributed by atoms with E-state index in [1.165, 1.54) is 46.2 Å². The largest absolute Gasteiger partial charge is 0.0991 e. The number of hydrogen-bond acceptors (Lipinski definition) is 0. The van der Waals surface area contributed by atoms with E-state index in [4.69, 9.17) is 0 Å². The van der Waals surface area contributed by atoms with Crippen molar-refractivity contribution in [3.05, 3.63) is 82.5 Å². The molecule has 2 aliphatic rings. The zero-order chi connectivity index (χ0) is 18.0. The molecule has 0 heterocycles. The second kappa shape index (κ2) is 7.44. The van der Waals surface area contributed by atoms with E-state index >= 15 is 0 Å². The Hall–Kier alpha value is -2.08. The monoisotopic (exact) mass is 330 g/mol. The minimum absolute atomic E-state index is 0.580. The first-order chi connectivity index (χ1) is 12.1. The fourth-order valence-electron chi connectivity index (χ4n) is 4.15. The standard InChI is InChI=1S/C25H30/c1-6-9-10-19(7-2)22-15-23-14-20(8-3)24(18(5)25(23)16-22)13-17(4)21-11-12-21/h6-10,13-14,21-22H,1,3,11-12,15-16H2,2,4-5H3/b10-9-,17-13+,19-7+. The topological polar surface area (TPSA) is 0 Å². The first-order valence-electron chi connectivity index (χ1n) is 9.50. The Morgan fingerprint density at radius 3 is 2.52 bits per heavy atom. The van der Waals surface area contributed by atoms with E-state index in [2.05, 4.69) is 58.2 Å². The number of rotatable bonds is 6.